The highest BCUT2D eigenvalue weighted by Gasteiger charge is 2.64. The molecule has 3 saturated heterocycles. The van der Waals surface area contributed by atoms with E-state index in [2.05, 4.69) is 10.6 Å². The fraction of sp³-hybridized carbons (Fsp3) is 0.478. The van der Waals surface area contributed by atoms with Gasteiger partial charge in [-0.1, -0.05) is 30.3 Å². The van der Waals surface area contributed by atoms with Gasteiger partial charge in [0.25, 0.3) is 0 Å². The lowest BCUT2D eigenvalue weighted by Crippen LogP contribution is -2.71. The maximum absolute atomic E-state index is 13.3. The zero-order valence-corrected chi connectivity index (χ0v) is 21.3. The van der Waals surface area contributed by atoms with Gasteiger partial charge in [0.15, 0.2) is 0 Å². The number of carboxylic acids is 1. The number of carbonyl (C=O) groups is 6. The van der Waals surface area contributed by atoms with E-state index >= 15 is 0 Å². The number of imide groups is 1. The van der Waals surface area contributed by atoms with E-state index in [4.69, 9.17) is 0 Å². The number of piperazine rings is 1. The minimum Gasteiger partial charge on any atom is -0.480 e. The number of thioether (sulfide) groups is 1. The number of likely N-dealkylation sites (N-methyl/N-ethyl adjacent to an activating group) is 1. The Morgan fingerprint density at radius 1 is 1.11 bits per heavy atom. The van der Waals surface area contributed by atoms with Gasteiger partial charge in [0, 0.05) is 24.4 Å². The summed E-state index contributed by atoms with van der Waals surface area (Å²) in [6.45, 7) is 5.67. The van der Waals surface area contributed by atoms with Crippen molar-refractivity contribution in [1.82, 2.24) is 25.3 Å². The molecule has 200 valence electrons. The molecule has 13 nitrogen and oxygen atoms in total. The monoisotopic (exact) mass is 535 g/mol. The van der Waals surface area contributed by atoms with E-state index in [9.17, 15) is 33.9 Å². The predicted molar refractivity (Wildman–Crippen MR) is 131 cm³/mol. The van der Waals surface area contributed by atoms with Gasteiger partial charge in [-0.15, -0.1) is 11.8 Å². The molecular formula is C23H29N5O8S. The molecule has 3 aliphatic heterocycles. The normalized spacial score (nSPS) is 25.0. The molecule has 0 spiro atoms. The average Bonchev–Trinajstić information content (AvgIpc) is 3.10. The molecule has 0 bridgehead atoms. The van der Waals surface area contributed by atoms with Crippen molar-refractivity contribution in [3.8, 4) is 0 Å². The van der Waals surface area contributed by atoms with Crippen LogP contribution in [0.5, 0.6) is 0 Å². The summed E-state index contributed by atoms with van der Waals surface area (Å²) in [4.78, 5) is 78.8. The molecule has 3 heterocycles. The number of nitrogens with one attached hydrogen (secondary N) is 2. The largest absolute Gasteiger partial charge is 0.480 e. The van der Waals surface area contributed by atoms with Crippen LogP contribution in [0.1, 0.15) is 32.4 Å². The minimum atomic E-state index is -1.26. The predicted octanol–water partition coefficient (Wildman–Crippen LogP) is -1.06. The number of urea groups is 1. The number of benzene rings is 1. The number of hydrogen-bond acceptors (Lipinski definition) is 7. The summed E-state index contributed by atoms with van der Waals surface area (Å²) in [6, 6.07) is 4.11. The number of hydrogen-bond donors (Lipinski definition) is 3. The van der Waals surface area contributed by atoms with E-state index in [-0.39, 0.29) is 18.6 Å². The van der Waals surface area contributed by atoms with Crippen LogP contribution in [0.3, 0.4) is 0 Å². The van der Waals surface area contributed by atoms with Crippen LogP contribution in [-0.4, -0.2) is 103 Å². The standard InChI is InChI=1S/C23H27N5O7S.H2O/c1-4-26-10-11-27(19(32)18(26)31)22(35)25-13(12-8-6-5-7-9-12)16(29)24-14-17(30)28-15(21(33)34)23(2,3)36-20(14)28;/h5-9,13-15,20H,4,10-11H2,1-3H3,(H,24,29)(H,25,35)(H,33,34);1H2/t13-,14-,15+,20-;/m1./s1. The Morgan fingerprint density at radius 2 is 1.76 bits per heavy atom. The molecule has 4 rings (SSSR count). The van der Waals surface area contributed by atoms with Gasteiger partial charge in [0.05, 0.1) is 0 Å². The molecule has 1 aromatic rings. The van der Waals surface area contributed by atoms with Crippen molar-refractivity contribution in [3.05, 3.63) is 35.9 Å². The van der Waals surface area contributed by atoms with Crippen molar-refractivity contribution in [2.75, 3.05) is 19.6 Å². The number of carbonyl (C=O) groups excluding carboxylic acids is 5. The number of β-lactam (4-membered cyclic amide) rings is 1. The third-order valence-corrected chi connectivity index (χ3v) is 8.14. The molecule has 3 fully saturated rings. The molecular weight excluding hydrogens is 506 g/mol. The Balaban J connectivity index is 0.00000380. The molecule has 6 amide bonds. The van der Waals surface area contributed by atoms with Crippen molar-refractivity contribution in [2.24, 2.45) is 0 Å². The van der Waals surface area contributed by atoms with Gasteiger partial charge in [-0.3, -0.25) is 24.1 Å². The second-order valence-electron chi connectivity index (χ2n) is 9.22. The molecule has 5 N–H and O–H groups in total. The van der Waals surface area contributed by atoms with Gasteiger partial charge in [-0.05, 0) is 26.3 Å². The van der Waals surface area contributed by atoms with Gasteiger partial charge in [-0.25, -0.2) is 9.59 Å². The Hall–Kier alpha value is -3.65. The Labute approximate surface area is 216 Å². The first kappa shape index (κ1) is 27.9. The minimum absolute atomic E-state index is 0. The first-order valence-corrected chi connectivity index (χ1v) is 12.3. The lowest BCUT2D eigenvalue weighted by atomic mass is 9.95. The SMILES string of the molecule is CCN1CCN(C(=O)N[C@@H](C(=O)N[C@@H]2C(=O)N3[C@@H]2SC(C)(C)[C@@H]3C(=O)O)c2ccccc2)C(=O)C1=O.O. The zero-order valence-electron chi connectivity index (χ0n) is 20.5. The van der Waals surface area contributed by atoms with Crippen LogP contribution in [0.4, 0.5) is 4.79 Å². The highest BCUT2D eigenvalue weighted by molar-refractivity contribution is 8.01. The molecule has 1 aromatic carbocycles. The molecule has 0 saturated carbocycles. The first-order valence-electron chi connectivity index (χ1n) is 11.5. The van der Waals surface area contributed by atoms with Crippen molar-refractivity contribution in [2.45, 2.75) is 49.0 Å². The summed E-state index contributed by atoms with van der Waals surface area (Å²) >= 11 is 1.28. The molecule has 0 unspecified atom stereocenters. The number of nitrogens with zero attached hydrogens (tertiary/aromatic N) is 3. The van der Waals surface area contributed by atoms with Crippen LogP contribution in [0.15, 0.2) is 30.3 Å². The zero-order chi connectivity index (χ0) is 26.4. The lowest BCUT2D eigenvalue weighted by Gasteiger charge is -2.44. The third kappa shape index (κ3) is 4.85. The van der Waals surface area contributed by atoms with E-state index in [1.807, 2.05) is 0 Å². The molecule has 0 aliphatic carbocycles. The van der Waals surface area contributed by atoms with Crippen LogP contribution in [0.25, 0.3) is 0 Å². The smallest absolute Gasteiger partial charge is 0.327 e. The fourth-order valence-corrected chi connectivity index (χ4v) is 6.32. The van der Waals surface area contributed by atoms with Crippen molar-refractivity contribution >= 4 is 47.4 Å². The number of amides is 6. The van der Waals surface area contributed by atoms with E-state index in [1.54, 1.807) is 51.1 Å². The van der Waals surface area contributed by atoms with Crippen LogP contribution >= 0.6 is 11.8 Å². The lowest BCUT2D eigenvalue weighted by molar-refractivity contribution is -0.161. The van der Waals surface area contributed by atoms with Crippen molar-refractivity contribution < 1.29 is 39.3 Å². The summed E-state index contributed by atoms with van der Waals surface area (Å²) in [5, 5.41) is 14.2. The Kier molecular flexibility index (Phi) is 7.83. The number of carboxylic acid groups (broad SMARTS) is 1. The number of fused-ring (bicyclic) bond motifs is 1. The average molecular weight is 536 g/mol. The second-order valence-corrected chi connectivity index (χ2v) is 11.0. The molecule has 3 aliphatic rings. The van der Waals surface area contributed by atoms with Crippen LogP contribution < -0.4 is 10.6 Å². The van der Waals surface area contributed by atoms with E-state index in [0.29, 0.717) is 12.1 Å². The van der Waals surface area contributed by atoms with Crippen molar-refractivity contribution in [1.29, 1.82) is 0 Å². The molecule has 4 atom stereocenters. The molecule has 0 radical (unpaired) electrons. The highest BCUT2D eigenvalue weighted by atomic mass is 32.2. The Bertz CT molecular complexity index is 1130. The van der Waals surface area contributed by atoms with E-state index in [0.717, 1.165) is 4.90 Å². The maximum Gasteiger partial charge on any atom is 0.327 e. The van der Waals surface area contributed by atoms with E-state index < -0.39 is 63.9 Å². The molecule has 37 heavy (non-hydrogen) atoms. The summed E-state index contributed by atoms with van der Waals surface area (Å²) in [5.74, 6) is -4.12. The fourth-order valence-electron chi connectivity index (χ4n) is 4.70. The summed E-state index contributed by atoms with van der Waals surface area (Å²) in [5.41, 5.74) is 0.403. The van der Waals surface area contributed by atoms with Gasteiger partial charge in [0.1, 0.15) is 23.5 Å². The first-order chi connectivity index (χ1) is 17.0. The second kappa shape index (κ2) is 10.4. The molecule has 14 heteroatoms. The number of aliphatic carboxylic acids is 1. The van der Waals surface area contributed by atoms with E-state index in [1.165, 1.54) is 21.6 Å². The van der Waals surface area contributed by atoms with Crippen LogP contribution in [0.2, 0.25) is 0 Å². The van der Waals surface area contributed by atoms with Gasteiger partial charge >= 0.3 is 23.8 Å². The highest BCUT2D eigenvalue weighted by Crippen LogP contribution is 2.50. The third-order valence-electron chi connectivity index (χ3n) is 6.57. The van der Waals surface area contributed by atoms with Crippen molar-refractivity contribution in [3.63, 3.8) is 0 Å². The topological polar surface area (TPSA) is 188 Å². The number of rotatable bonds is 6. The van der Waals surface area contributed by atoms with Gasteiger partial charge in [-0.2, -0.15) is 0 Å². The summed E-state index contributed by atoms with van der Waals surface area (Å²) in [6.07, 6.45) is 0. The molecule has 0 aromatic heterocycles. The summed E-state index contributed by atoms with van der Waals surface area (Å²) < 4.78 is -0.758. The van der Waals surface area contributed by atoms with Crippen LogP contribution in [0, 0.1) is 0 Å². The Morgan fingerprint density at radius 3 is 2.35 bits per heavy atom. The summed E-state index contributed by atoms with van der Waals surface area (Å²) in [7, 11) is 0. The van der Waals surface area contributed by atoms with Crippen LogP contribution in [-0.2, 0) is 24.0 Å². The van der Waals surface area contributed by atoms with Gasteiger partial charge in [0.2, 0.25) is 11.8 Å². The van der Waals surface area contributed by atoms with Gasteiger partial charge < -0.3 is 31.0 Å². The maximum atomic E-state index is 13.3. The quantitative estimate of drug-likeness (QED) is 0.303.